The Bertz CT molecular complexity index is 1470. The van der Waals surface area contributed by atoms with E-state index in [1.165, 1.54) is 20.0 Å². The Kier molecular flexibility index (Phi) is 6.55. The molecule has 2 aliphatic carbocycles. The second kappa shape index (κ2) is 9.91. The number of carbonyl (C=O) groups excluding carboxylic acids is 2. The van der Waals surface area contributed by atoms with Crippen LogP contribution in [-0.4, -0.2) is 60.3 Å². The molecule has 39 heavy (non-hydrogen) atoms. The number of thiazole rings is 1. The van der Waals surface area contributed by atoms with Crippen molar-refractivity contribution in [2.45, 2.75) is 56.2 Å². The van der Waals surface area contributed by atoms with Gasteiger partial charge in [0.2, 0.25) is 5.91 Å². The molecule has 204 valence electrons. The predicted octanol–water partition coefficient (Wildman–Crippen LogP) is 3.90. The average Bonchev–Trinajstić information content (AvgIpc) is 3.81. The molecule has 2 N–H and O–H groups in total. The molecule has 4 atom stereocenters. The lowest BCUT2D eigenvalue weighted by molar-refractivity contribution is -0.147. The number of amides is 1. The second-order valence-electron chi connectivity index (χ2n) is 10.6. The van der Waals surface area contributed by atoms with Gasteiger partial charge in [-0.15, -0.1) is 17.9 Å². The van der Waals surface area contributed by atoms with Gasteiger partial charge in [-0.25, -0.2) is 14.8 Å². The molecule has 0 bridgehead atoms. The molecule has 3 aromatic rings. The molecule has 1 aromatic carbocycles. The van der Waals surface area contributed by atoms with Crippen molar-refractivity contribution in [2.24, 2.45) is 5.92 Å². The average molecular weight is 549 g/mol. The molecule has 4 unspecified atom stereocenters. The zero-order valence-electron chi connectivity index (χ0n) is 22.3. The van der Waals surface area contributed by atoms with Crippen molar-refractivity contribution in [3.8, 4) is 22.2 Å². The fourth-order valence-electron chi connectivity index (χ4n) is 5.44. The zero-order chi connectivity index (χ0) is 27.3. The number of fused-ring (bicyclic) bond motifs is 1. The molecule has 3 aliphatic rings. The molecular formula is C29H32N4O5S. The lowest BCUT2D eigenvalue weighted by Gasteiger charge is -2.19. The van der Waals surface area contributed by atoms with E-state index in [0.717, 1.165) is 38.6 Å². The maximum atomic E-state index is 13.1. The number of methoxy groups -OCH3 is 2. The number of hydrogen-bond donors (Lipinski definition) is 2. The van der Waals surface area contributed by atoms with E-state index in [0.29, 0.717) is 31.1 Å². The van der Waals surface area contributed by atoms with Gasteiger partial charge in [-0.05, 0) is 38.3 Å². The fraction of sp³-hybridized carbons (Fsp3) is 0.448. The first-order chi connectivity index (χ1) is 18.9. The molecular weight excluding hydrogens is 516 g/mol. The highest BCUT2D eigenvalue weighted by Crippen LogP contribution is 2.46. The van der Waals surface area contributed by atoms with Gasteiger partial charge in [0.1, 0.15) is 33.8 Å². The molecule has 3 heterocycles. The maximum absolute atomic E-state index is 13.1. The van der Waals surface area contributed by atoms with E-state index in [9.17, 15) is 9.59 Å². The van der Waals surface area contributed by atoms with Crippen LogP contribution in [0.2, 0.25) is 0 Å². The van der Waals surface area contributed by atoms with E-state index in [-0.39, 0.29) is 17.9 Å². The zero-order valence-corrected chi connectivity index (χ0v) is 23.1. The molecule has 0 spiro atoms. The van der Waals surface area contributed by atoms with Crippen molar-refractivity contribution in [3.63, 3.8) is 0 Å². The number of esters is 1. The van der Waals surface area contributed by atoms with Gasteiger partial charge >= 0.3 is 5.97 Å². The summed E-state index contributed by atoms with van der Waals surface area (Å²) in [4.78, 5) is 35.3. The Balaban J connectivity index is 1.24. The number of ether oxygens (including phenoxy) is 3. The minimum atomic E-state index is -1.02. The van der Waals surface area contributed by atoms with E-state index in [2.05, 4.69) is 22.6 Å². The summed E-state index contributed by atoms with van der Waals surface area (Å²) in [5, 5.41) is 10.0. The lowest BCUT2D eigenvalue weighted by Crippen LogP contribution is -2.51. The Morgan fingerprint density at radius 2 is 2.05 bits per heavy atom. The summed E-state index contributed by atoms with van der Waals surface area (Å²) in [6.07, 6.45) is 4.77. The number of nitrogens with one attached hydrogen (secondary N) is 2. The summed E-state index contributed by atoms with van der Waals surface area (Å²) in [6, 6.07) is 5.33. The number of hydrogen-bond acceptors (Lipinski definition) is 9. The van der Waals surface area contributed by atoms with Gasteiger partial charge in [0, 0.05) is 47.2 Å². The quantitative estimate of drug-likeness (QED) is 0.306. The van der Waals surface area contributed by atoms with E-state index >= 15 is 0 Å². The molecule has 2 aromatic heterocycles. The van der Waals surface area contributed by atoms with Crippen LogP contribution in [0.1, 0.15) is 42.9 Å². The third-order valence-corrected chi connectivity index (χ3v) is 8.88. The summed E-state index contributed by atoms with van der Waals surface area (Å²) < 4.78 is 17.0. The molecule has 1 amide bonds. The van der Waals surface area contributed by atoms with E-state index in [1.54, 1.807) is 24.5 Å². The number of nitrogens with zero attached hydrogens (tertiary/aromatic N) is 2. The Labute approximate surface area is 231 Å². The Morgan fingerprint density at radius 3 is 2.74 bits per heavy atom. The second-order valence-corrected chi connectivity index (χ2v) is 11.4. The summed E-state index contributed by atoms with van der Waals surface area (Å²) in [6.45, 7) is 6.25. The number of benzene rings is 1. The Hall–Kier alpha value is -3.50. The minimum absolute atomic E-state index is 0.129. The number of carbonyl (C=O) groups is 2. The first-order valence-electron chi connectivity index (χ1n) is 13.2. The smallest absolute Gasteiger partial charge is 0.332 e. The first kappa shape index (κ1) is 25.8. The van der Waals surface area contributed by atoms with Crippen LogP contribution in [0.25, 0.3) is 21.6 Å². The normalized spacial score (nSPS) is 25.8. The highest BCUT2D eigenvalue weighted by atomic mass is 32.1. The highest BCUT2D eigenvalue weighted by molar-refractivity contribution is 7.13. The topological polar surface area (TPSA) is 112 Å². The predicted molar refractivity (Wildman–Crippen MR) is 148 cm³/mol. The van der Waals surface area contributed by atoms with Crippen LogP contribution < -0.4 is 20.1 Å². The van der Waals surface area contributed by atoms with Crippen molar-refractivity contribution in [1.82, 2.24) is 20.6 Å². The summed E-state index contributed by atoms with van der Waals surface area (Å²) in [5.74, 6) is 1.20. The highest BCUT2D eigenvalue weighted by Gasteiger charge is 2.61. The van der Waals surface area contributed by atoms with Gasteiger partial charge in [-0.1, -0.05) is 6.08 Å². The molecule has 1 saturated heterocycles. The van der Waals surface area contributed by atoms with E-state index in [4.69, 9.17) is 24.2 Å². The SMILES string of the molecule is C=CC1CC1(NC(=O)C1CC(Oc2cc(-c3nc(C4CC4)cs3)nc3c(C)c(OC)ccc23)CN1)C(=O)OC. The van der Waals surface area contributed by atoms with Crippen LogP contribution >= 0.6 is 11.3 Å². The van der Waals surface area contributed by atoms with Gasteiger partial charge in [0.25, 0.3) is 0 Å². The van der Waals surface area contributed by atoms with Crippen molar-refractivity contribution < 1.29 is 23.8 Å². The first-order valence-corrected chi connectivity index (χ1v) is 14.1. The molecule has 10 heteroatoms. The molecule has 1 aliphatic heterocycles. The van der Waals surface area contributed by atoms with Crippen LogP contribution in [0.5, 0.6) is 11.5 Å². The number of aryl methyl sites for hydroxylation is 1. The van der Waals surface area contributed by atoms with Crippen LogP contribution in [0.4, 0.5) is 0 Å². The largest absolute Gasteiger partial charge is 0.496 e. The molecule has 3 fully saturated rings. The summed E-state index contributed by atoms with van der Waals surface area (Å²) in [7, 11) is 2.98. The van der Waals surface area contributed by atoms with Crippen LogP contribution in [0, 0.1) is 12.8 Å². The monoisotopic (exact) mass is 548 g/mol. The molecule has 6 rings (SSSR count). The Morgan fingerprint density at radius 1 is 1.23 bits per heavy atom. The minimum Gasteiger partial charge on any atom is -0.496 e. The van der Waals surface area contributed by atoms with Crippen molar-refractivity contribution in [2.75, 3.05) is 20.8 Å². The number of pyridine rings is 1. The molecule has 9 nitrogen and oxygen atoms in total. The molecule has 0 radical (unpaired) electrons. The van der Waals surface area contributed by atoms with Gasteiger partial charge in [-0.3, -0.25) is 4.79 Å². The van der Waals surface area contributed by atoms with Crippen LogP contribution in [-0.2, 0) is 14.3 Å². The lowest BCUT2D eigenvalue weighted by atomic mass is 10.1. The van der Waals surface area contributed by atoms with Crippen LogP contribution in [0.3, 0.4) is 0 Å². The standard InChI is InChI=1S/C29H32N4O5S/c1-5-17-12-29(17,28(35)37-4)33-26(34)20-10-18(13-30-20)38-24-11-21(27-32-22(14-39-27)16-6-7-16)31-25-15(2)23(36-3)9-8-19(24)25/h5,8-9,11,14,16-18,20,30H,1,6-7,10,12-13H2,2-4H3,(H,33,34). The van der Waals surface area contributed by atoms with Gasteiger partial charge < -0.3 is 24.8 Å². The summed E-state index contributed by atoms with van der Waals surface area (Å²) >= 11 is 1.60. The third kappa shape index (κ3) is 4.65. The van der Waals surface area contributed by atoms with Crippen molar-refractivity contribution in [1.29, 1.82) is 0 Å². The van der Waals surface area contributed by atoms with Gasteiger partial charge in [0.05, 0.1) is 31.5 Å². The van der Waals surface area contributed by atoms with Gasteiger partial charge in [-0.2, -0.15) is 0 Å². The van der Waals surface area contributed by atoms with Gasteiger partial charge in [0.15, 0.2) is 0 Å². The number of aromatic nitrogens is 2. The van der Waals surface area contributed by atoms with Crippen molar-refractivity contribution >= 4 is 34.1 Å². The maximum Gasteiger partial charge on any atom is 0.332 e. The van der Waals surface area contributed by atoms with Crippen molar-refractivity contribution in [3.05, 3.63) is 47.5 Å². The van der Waals surface area contributed by atoms with E-state index in [1.807, 2.05) is 25.1 Å². The number of rotatable bonds is 9. The fourth-order valence-corrected chi connectivity index (χ4v) is 6.30. The molecule has 2 saturated carbocycles. The summed E-state index contributed by atoms with van der Waals surface area (Å²) in [5.41, 5.74) is 2.60. The van der Waals surface area contributed by atoms with E-state index < -0.39 is 17.6 Å². The third-order valence-electron chi connectivity index (χ3n) is 8.00. The van der Waals surface area contributed by atoms with Crippen LogP contribution in [0.15, 0.2) is 36.2 Å².